The number of fused-ring (bicyclic) bond motifs is 2. The van der Waals surface area contributed by atoms with Gasteiger partial charge in [-0.25, -0.2) is 9.37 Å². The fraction of sp³-hybridized carbons (Fsp3) is 0.440. The molecule has 0 amide bonds. The van der Waals surface area contributed by atoms with Gasteiger partial charge in [-0.3, -0.25) is 14.3 Å². The Kier molecular flexibility index (Phi) is 5.20. The molecule has 2 saturated heterocycles. The molecule has 0 aliphatic carbocycles. The van der Waals surface area contributed by atoms with Crippen LogP contribution in [-0.4, -0.2) is 60.2 Å². The number of benzene rings is 1. The normalized spacial score (nSPS) is 28.7. The van der Waals surface area contributed by atoms with Crippen LogP contribution < -0.4 is 10.3 Å². The molecule has 2 aliphatic rings. The Morgan fingerprint density at radius 1 is 1.12 bits per heavy atom. The van der Waals surface area contributed by atoms with Gasteiger partial charge in [0.1, 0.15) is 17.7 Å². The van der Waals surface area contributed by atoms with Gasteiger partial charge in [0.05, 0.1) is 11.2 Å². The highest BCUT2D eigenvalue weighted by atomic mass is 19.1. The van der Waals surface area contributed by atoms with Gasteiger partial charge in [-0.1, -0.05) is 6.07 Å². The van der Waals surface area contributed by atoms with E-state index in [2.05, 4.69) is 27.0 Å². The zero-order valence-corrected chi connectivity index (χ0v) is 19.7. The van der Waals surface area contributed by atoms with Crippen LogP contribution in [0.25, 0.3) is 22.6 Å². The summed E-state index contributed by atoms with van der Waals surface area (Å²) in [6.07, 6.45) is 2.04. The summed E-state index contributed by atoms with van der Waals surface area (Å²) in [6.45, 7) is 4.12. The monoisotopic (exact) mass is 465 g/mol. The second-order valence-corrected chi connectivity index (χ2v) is 9.83. The van der Waals surface area contributed by atoms with Crippen molar-refractivity contribution in [2.75, 3.05) is 7.05 Å². The van der Waals surface area contributed by atoms with Gasteiger partial charge in [0.25, 0.3) is 5.56 Å². The molecular formula is C25H28FN5O3. The minimum atomic E-state index is -1.13. The Hall–Kier alpha value is -3.33. The van der Waals surface area contributed by atoms with Crippen LogP contribution in [0.5, 0.6) is 11.6 Å². The molecule has 1 aromatic carbocycles. The lowest BCUT2D eigenvalue weighted by atomic mass is 9.82. The number of aromatic hydroxyl groups is 1. The zero-order chi connectivity index (χ0) is 24.3. The van der Waals surface area contributed by atoms with Crippen molar-refractivity contribution in [2.24, 2.45) is 7.05 Å². The smallest absolute Gasteiger partial charge is 0.253 e. The summed E-state index contributed by atoms with van der Waals surface area (Å²) in [6, 6.07) is 9.70. The van der Waals surface area contributed by atoms with Crippen molar-refractivity contribution >= 4 is 0 Å². The first kappa shape index (κ1) is 22.5. The molecule has 0 radical (unpaired) electrons. The Morgan fingerprint density at radius 2 is 1.91 bits per heavy atom. The lowest BCUT2D eigenvalue weighted by Gasteiger charge is -2.50. The van der Waals surface area contributed by atoms with E-state index in [0.717, 1.165) is 12.8 Å². The summed E-state index contributed by atoms with van der Waals surface area (Å²) in [5.41, 5.74) is 0.693. The highest BCUT2D eigenvalue weighted by molar-refractivity contribution is 5.72. The Labute approximate surface area is 197 Å². The standard InChI is InChI=1S/C25H28FN5O3/c1-24-10-11-25(2,31(24)4)22(26)19(14-24)34-20-8-7-17(28-29-20)16-6-5-15(13-18(16)32)23-27-12-9-21(33)30(23)3/h5-9,12-13,19,22,32H,10-11,14H2,1-4H3/t19-,22+,24-,25+/m1/s1. The van der Waals surface area contributed by atoms with Gasteiger partial charge in [-0.05, 0) is 51.9 Å². The molecule has 34 heavy (non-hydrogen) atoms. The molecule has 2 aliphatic heterocycles. The Balaban J connectivity index is 1.36. The summed E-state index contributed by atoms with van der Waals surface area (Å²) < 4.78 is 22.8. The molecule has 1 N–H and O–H groups in total. The van der Waals surface area contributed by atoms with Gasteiger partial charge in [0.15, 0.2) is 6.17 Å². The van der Waals surface area contributed by atoms with Crippen LogP contribution in [0.2, 0.25) is 0 Å². The number of aromatic nitrogens is 4. The zero-order valence-electron chi connectivity index (χ0n) is 19.7. The summed E-state index contributed by atoms with van der Waals surface area (Å²) >= 11 is 0. The highest BCUT2D eigenvalue weighted by Crippen LogP contribution is 2.51. The van der Waals surface area contributed by atoms with Crippen LogP contribution in [0.3, 0.4) is 0 Å². The van der Waals surface area contributed by atoms with Crippen LogP contribution in [0.1, 0.15) is 33.1 Å². The number of hydrogen-bond acceptors (Lipinski definition) is 7. The number of phenols is 1. The number of hydrogen-bond donors (Lipinski definition) is 1. The van der Waals surface area contributed by atoms with Crippen molar-refractivity contribution in [3.63, 3.8) is 0 Å². The third-order valence-electron chi connectivity index (χ3n) is 7.81. The molecule has 0 spiro atoms. The molecule has 2 fully saturated rings. The average molecular weight is 466 g/mol. The number of alkyl halides is 1. The van der Waals surface area contributed by atoms with Crippen molar-refractivity contribution in [3.8, 4) is 34.3 Å². The lowest BCUT2D eigenvalue weighted by molar-refractivity contribution is -0.0887. The predicted molar refractivity (Wildman–Crippen MR) is 125 cm³/mol. The first-order valence-corrected chi connectivity index (χ1v) is 11.4. The van der Waals surface area contributed by atoms with Gasteiger partial charge in [-0.2, -0.15) is 0 Å². The fourth-order valence-electron chi connectivity index (χ4n) is 5.39. The van der Waals surface area contributed by atoms with Crippen LogP contribution in [0, 0.1) is 0 Å². The third-order valence-corrected chi connectivity index (χ3v) is 7.81. The van der Waals surface area contributed by atoms with Gasteiger partial charge in [0, 0.05) is 48.5 Å². The Bertz CT molecular complexity index is 1300. The minimum absolute atomic E-state index is 0.0184. The Morgan fingerprint density at radius 3 is 2.62 bits per heavy atom. The molecule has 2 aromatic heterocycles. The van der Waals surface area contributed by atoms with Crippen molar-refractivity contribution in [2.45, 2.75) is 56.5 Å². The third kappa shape index (κ3) is 3.46. The lowest BCUT2D eigenvalue weighted by Crippen LogP contribution is -2.64. The van der Waals surface area contributed by atoms with E-state index in [0.29, 0.717) is 29.1 Å². The largest absolute Gasteiger partial charge is 0.507 e. The number of halogens is 1. The number of phenolic OH excluding ortho intramolecular Hbond substituents is 1. The van der Waals surface area contributed by atoms with Gasteiger partial charge in [0.2, 0.25) is 5.88 Å². The van der Waals surface area contributed by atoms with Gasteiger partial charge in [-0.15, -0.1) is 10.2 Å². The van der Waals surface area contributed by atoms with Gasteiger partial charge < -0.3 is 9.84 Å². The van der Waals surface area contributed by atoms with Crippen molar-refractivity contribution < 1.29 is 14.2 Å². The van der Waals surface area contributed by atoms with Crippen LogP contribution in [0.15, 0.2) is 47.4 Å². The molecule has 5 rings (SSSR count). The molecule has 178 valence electrons. The average Bonchev–Trinajstić information content (AvgIpc) is 2.99. The van der Waals surface area contributed by atoms with Crippen molar-refractivity contribution in [3.05, 3.63) is 52.9 Å². The maximum absolute atomic E-state index is 15.4. The number of ether oxygens (including phenoxy) is 1. The van der Waals surface area contributed by atoms with Crippen molar-refractivity contribution in [1.29, 1.82) is 0 Å². The summed E-state index contributed by atoms with van der Waals surface area (Å²) in [5, 5.41) is 19.0. The van der Waals surface area contributed by atoms with E-state index in [9.17, 15) is 9.90 Å². The highest BCUT2D eigenvalue weighted by Gasteiger charge is 2.60. The molecule has 3 aromatic rings. The summed E-state index contributed by atoms with van der Waals surface area (Å²) in [4.78, 5) is 18.3. The summed E-state index contributed by atoms with van der Waals surface area (Å²) in [5.74, 6) is 0.682. The van der Waals surface area contributed by atoms with E-state index in [4.69, 9.17) is 4.74 Å². The van der Waals surface area contributed by atoms with Crippen LogP contribution >= 0.6 is 0 Å². The molecule has 0 unspecified atom stereocenters. The van der Waals surface area contributed by atoms with Crippen molar-refractivity contribution in [1.82, 2.24) is 24.6 Å². The molecule has 8 nitrogen and oxygen atoms in total. The second-order valence-electron chi connectivity index (χ2n) is 9.83. The molecule has 0 saturated carbocycles. The van der Waals surface area contributed by atoms with E-state index in [1.807, 2.05) is 14.0 Å². The maximum atomic E-state index is 15.4. The number of piperidine rings is 1. The topological polar surface area (TPSA) is 93.4 Å². The number of nitrogens with zero attached hydrogens (tertiary/aromatic N) is 5. The molecule has 4 atom stereocenters. The van der Waals surface area contributed by atoms with E-state index in [1.165, 1.54) is 22.9 Å². The molecule has 4 heterocycles. The molecule has 2 bridgehead atoms. The van der Waals surface area contributed by atoms with E-state index in [-0.39, 0.29) is 22.7 Å². The minimum Gasteiger partial charge on any atom is -0.507 e. The van der Waals surface area contributed by atoms with Crippen LogP contribution in [-0.2, 0) is 7.05 Å². The number of rotatable bonds is 4. The summed E-state index contributed by atoms with van der Waals surface area (Å²) in [7, 11) is 3.62. The van der Waals surface area contributed by atoms with E-state index in [1.54, 1.807) is 31.3 Å². The first-order valence-electron chi connectivity index (χ1n) is 11.4. The maximum Gasteiger partial charge on any atom is 0.253 e. The second kappa shape index (κ2) is 7.87. The fourth-order valence-corrected chi connectivity index (χ4v) is 5.39. The quantitative estimate of drug-likeness (QED) is 0.632. The van der Waals surface area contributed by atoms with Crippen LogP contribution in [0.4, 0.5) is 4.39 Å². The van der Waals surface area contributed by atoms with E-state index >= 15 is 4.39 Å². The SMILES string of the molecule is CN1[C@]2(C)CC[C@@]1(C)[C@@H](F)[C@H](Oc1ccc(-c3ccc(-c4nccc(=O)n4C)cc3O)nn1)C2. The molecular weight excluding hydrogens is 437 g/mol. The molecule has 9 heteroatoms. The van der Waals surface area contributed by atoms with Gasteiger partial charge >= 0.3 is 0 Å². The predicted octanol–water partition coefficient (Wildman–Crippen LogP) is 3.34. The van der Waals surface area contributed by atoms with E-state index < -0.39 is 17.8 Å². The first-order chi connectivity index (χ1) is 16.1.